The SMILES string of the molecule is C=CCC1=COC=CO1. The van der Waals surface area contributed by atoms with Crippen LogP contribution in [0.4, 0.5) is 0 Å². The van der Waals surface area contributed by atoms with Crippen LogP contribution in [-0.2, 0) is 9.47 Å². The average Bonchev–Trinajstić information content (AvgIpc) is 1.91. The molecule has 0 unspecified atom stereocenters. The lowest BCUT2D eigenvalue weighted by Crippen LogP contribution is -1.89. The topological polar surface area (TPSA) is 18.5 Å². The van der Waals surface area contributed by atoms with Gasteiger partial charge in [-0.25, -0.2) is 0 Å². The maximum absolute atomic E-state index is 5.00. The fourth-order valence-electron chi connectivity index (χ4n) is 0.529. The Morgan fingerprint density at radius 1 is 1.56 bits per heavy atom. The number of rotatable bonds is 2. The minimum absolute atomic E-state index is 0.713. The average molecular weight is 124 g/mol. The van der Waals surface area contributed by atoms with Crippen molar-refractivity contribution in [3.63, 3.8) is 0 Å². The summed E-state index contributed by atoms with van der Waals surface area (Å²) in [5.41, 5.74) is 0. The maximum Gasteiger partial charge on any atom is 0.142 e. The molecule has 0 amide bonds. The van der Waals surface area contributed by atoms with Crippen molar-refractivity contribution in [1.82, 2.24) is 0 Å². The van der Waals surface area contributed by atoms with Crippen LogP contribution in [0.25, 0.3) is 0 Å². The monoisotopic (exact) mass is 124 g/mol. The molecule has 0 aromatic rings. The molecule has 0 saturated carbocycles. The molecule has 1 aliphatic rings. The molecule has 0 N–H and O–H groups in total. The van der Waals surface area contributed by atoms with Crippen LogP contribution in [0.1, 0.15) is 6.42 Å². The lowest BCUT2D eigenvalue weighted by atomic mass is 10.4. The molecule has 1 aliphatic heterocycles. The number of hydrogen-bond acceptors (Lipinski definition) is 2. The molecule has 2 nitrogen and oxygen atoms in total. The van der Waals surface area contributed by atoms with Crippen molar-refractivity contribution in [3.8, 4) is 0 Å². The van der Waals surface area contributed by atoms with Gasteiger partial charge in [0.1, 0.15) is 24.5 Å². The van der Waals surface area contributed by atoms with E-state index in [-0.39, 0.29) is 0 Å². The summed E-state index contributed by atoms with van der Waals surface area (Å²) in [6.07, 6.45) is 7.01. The molecule has 2 heteroatoms. The summed E-state index contributed by atoms with van der Waals surface area (Å²) in [7, 11) is 0. The first-order chi connectivity index (χ1) is 4.43. The third kappa shape index (κ3) is 1.64. The van der Waals surface area contributed by atoms with E-state index >= 15 is 0 Å². The molecule has 0 bridgehead atoms. The van der Waals surface area contributed by atoms with E-state index in [4.69, 9.17) is 9.47 Å². The van der Waals surface area contributed by atoms with Gasteiger partial charge < -0.3 is 9.47 Å². The largest absolute Gasteiger partial charge is 0.466 e. The molecule has 1 rings (SSSR count). The fraction of sp³-hybridized carbons (Fsp3) is 0.143. The van der Waals surface area contributed by atoms with Crippen molar-refractivity contribution in [2.24, 2.45) is 0 Å². The van der Waals surface area contributed by atoms with E-state index in [1.165, 1.54) is 12.5 Å². The van der Waals surface area contributed by atoms with Gasteiger partial charge in [-0.1, -0.05) is 6.08 Å². The Morgan fingerprint density at radius 2 is 2.44 bits per heavy atom. The molecular weight excluding hydrogens is 116 g/mol. The van der Waals surface area contributed by atoms with Crippen LogP contribution in [0.2, 0.25) is 0 Å². The smallest absolute Gasteiger partial charge is 0.142 e. The minimum atomic E-state index is 0.713. The Morgan fingerprint density at radius 3 is 3.00 bits per heavy atom. The molecule has 9 heavy (non-hydrogen) atoms. The van der Waals surface area contributed by atoms with Crippen LogP contribution in [0.3, 0.4) is 0 Å². The molecule has 0 aromatic heterocycles. The first kappa shape index (κ1) is 5.95. The summed E-state index contributed by atoms with van der Waals surface area (Å²) in [5.74, 6) is 0.785. The Kier molecular flexibility index (Phi) is 1.96. The van der Waals surface area contributed by atoms with Crippen molar-refractivity contribution in [2.45, 2.75) is 6.42 Å². The predicted octanol–water partition coefficient (Wildman–Crippen LogP) is 1.92. The Labute approximate surface area is 54.1 Å². The third-order valence-electron chi connectivity index (χ3n) is 0.899. The van der Waals surface area contributed by atoms with Gasteiger partial charge in [0, 0.05) is 6.42 Å². The van der Waals surface area contributed by atoms with Crippen LogP contribution >= 0.6 is 0 Å². The van der Waals surface area contributed by atoms with Gasteiger partial charge in [0.15, 0.2) is 0 Å². The second kappa shape index (κ2) is 2.97. The van der Waals surface area contributed by atoms with Crippen molar-refractivity contribution in [2.75, 3.05) is 0 Å². The standard InChI is InChI=1S/C7H8O2/c1-2-3-7-6-8-4-5-9-7/h2,4-6H,1,3H2. The lowest BCUT2D eigenvalue weighted by Gasteiger charge is -2.06. The zero-order valence-electron chi connectivity index (χ0n) is 5.04. The predicted molar refractivity (Wildman–Crippen MR) is 34.2 cm³/mol. The van der Waals surface area contributed by atoms with Crippen molar-refractivity contribution in [3.05, 3.63) is 37.2 Å². The van der Waals surface area contributed by atoms with Crippen molar-refractivity contribution < 1.29 is 9.47 Å². The molecule has 48 valence electrons. The minimum Gasteiger partial charge on any atom is -0.466 e. The van der Waals surface area contributed by atoms with Crippen LogP contribution in [0, 0.1) is 0 Å². The quantitative estimate of drug-likeness (QED) is 0.523. The lowest BCUT2D eigenvalue weighted by molar-refractivity contribution is 0.252. The van der Waals surface area contributed by atoms with Gasteiger partial charge in [0.2, 0.25) is 0 Å². The molecule has 0 atom stereocenters. The summed E-state index contributed by atoms with van der Waals surface area (Å²) in [6.45, 7) is 3.55. The zero-order chi connectivity index (χ0) is 6.53. The summed E-state index contributed by atoms with van der Waals surface area (Å²) in [5, 5.41) is 0. The fourth-order valence-corrected chi connectivity index (χ4v) is 0.529. The number of ether oxygens (including phenoxy) is 2. The van der Waals surface area contributed by atoms with Gasteiger partial charge in [-0.3, -0.25) is 0 Å². The maximum atomic E-state index is 5.00. The summed E-state index contributed by atoms with van der Waals surface area (Å²) in [4.78, 5) is 0. The van der Waals surface area contributed by atoms with Crippen LogP contribution < -0.4 is 0 Å². The number of allylic oxidation sites excluding steroid dienone is 1. The van der Waals surface area contributed by atoms with Crippen LogP contribution in [-0.4, -0.2) is 0 Å². The molecule has 0 spiro atoms. The first-order valence-corrected chi connectivity index (χ1v) is 2.70. The molecule has 1 heterocycles. The highest BCUT2D eigenvalue weighted by molar-refractivity contribution is 4.99. The van der Waals surface area contributed by atoms with E-state index in [0.29, 0.717) is 6.42 Å². The Bertz CT molecular complexity index is 152. The van der Waals surface area contributed by atoms with Crippen LogP contribution in [0.5, 0.6) is 0 Å². The van der Waals surface area contributed by atoms with Gasteiger partial charge in [-0.2, -0.15) is 0 Å². The van der Waals surface area contributed by atoms with Gasteiger partial charge in [-0.15, -0.1) is 6.58 Å². The van der Waals surface area contributed by atoms with E-state index in [0.717, 1.165) is 5.76 Å². The highest BCUT2D eigenvalue weighted by atomic mass is 16.5. The second-order valence-electron chi connectivity index (χ2n) is 1.60. The molecule has 0 fully saturated rings. The molecule has 0 radical (unpaired) electrons. The highest BCUT2D eigenvalue weighted by Gasteiger charge is 1.96. The summed E-state index contributed by atoms with van der Waals surface area (Å²) >= 11 is 0. The molecule has 0 aromatic carbocycles. The third-order valence-corrected chi connectivity index (χ3v) is 0.899. The van der Waals surface area contributed by atoms with E-state index in [1.807, 2.05) is 0 Å². The Balaban J connectivity index is 2.40. The molecule has 0 aliphatic carbocycles. The van der Waals surface area contributed by atoms with Gasteiger partial charge in [-0.05, 0) is 0 Å². The summed E-state index contributed by atoms with van der Waals surface area (Å²) < 4.78 is 9.82. The van der Waals surface area contributed by atoms with Crippen molar-refractivity contribution in [1.29, 1.82) is 0 Å². The summed E-state index contributed by atoms with van der Waals surface area (Å²) in [6, 6.07) is 0. The molecular formula is C7H8O2. The zero-order valence-corrected chi connectivity index (χ0v) is 5.04. The normalized spacial score (nSPS) is 15.3. The number of hydrogen-bond donors (Lipinski definition) is 0. The van der Waals surface area contributed by atoms with Gasteiger partial charge in [0.25, 0.3) is 0 Å². The van der Waals surface area contributed by atoms with Crippen LogP contribution in [0.15, 0.2) is 37.2 Å². The van der Waals surface area contributed by atoms with Gasteiger partial charge >= 0.3 is 0 Å². The van der Waals surface area contributed by atoms with Gasteiger partial charge in [0.05, 0.1) is 0 Å². The first-order valence-electron chi connectivity index (χ1n) is 2.70. The van der Waals surface area contributed by atoms with E-state index in [9.17, 15) is 0 Å². The van der Waals surface area contributed by atoms with E-state index in [1.54, 1.807) is 12.3 Å². The molecule has 0 saturated heterocycles. The van der Waals surface area contributed by atoms with E-state index in [2.05, 4.69) is 6.58 Å². The van der Waals surface area contributed by atoms with E-state index < -0.39 is 0 Å². The van der Waals surface area contributed by atoms with Crippen molar-refractivity contribution >= 4 is 0 Å². The second-order valence-corrected chi connectivity index (χ2v) is 1.60. The highest BCUT2D eigenvalue weighted by Crippen LogP contribution is 2.08. The Hall–Kier alpha value is -1.18.